The van der Waals surface area contributed by atoms with Crippen molar-refractivity contribution in [3.8, 4) is 0 Å². The molecule has 2 rings (SSSR count). The lowest BCUT2D eigenvalue weighted by atomic mass is 9.82. The third kappa shape index (κ3) is 4.21. The van der Waals surface area contributed by atoms with Crippen LogP contribution in [0.2, 0.25) is 0 Å². The number of hydrogen-bond acceptors (Lipinski definition) is 5. The van der Waals surface area contributed by atoms with Gasteiger partial charge in [0.25, 0.3) is 0 Å². The molecule has 0 bridgehead atoms. The van der Waals surface area contributed by atoms with Crippen LogP contribution in [0.5, 0.6) is 0 Å². The smallest absolute Gasteiger partial charge is 0.229 e. The van der Waals surface area contributed by atoms with E-state index in [1.807, 2.05) is 11.8 Å². The predicted molar refractivity (Wildman–Crippen MR) is 79.1 cm³/mol. The maximum absolute atomic E-state index is 5.72. The van der Waals surface area contributed by atoms with Gasteiger partial charge in [0.2, 0.25) is 5.89 Å². The van der Waals surface area contributed by atoms with Gasteiger partial charge in [-0.1, -0.05) is 19.0 Å². The van der Waals surface area contributed by atoms with Crippen LogP contribution in [0.25, 0.3) is 0 Å². The molecule has 0 aromatic carbocycles. The molecule has 0 saturated heterocycles. The minimum Gasteiger partial charge on any atom is -0.339 e. The van der Waals surface area contributed by atoms with Gasteiger partial charge in [0, 0.05) is 11.2 Å². The van der Waals surface area contributed by atoms with Crippen molar-refractivity contribution in [3.05, 3.63) is 11.7 Å². The molecule has 1 saturated carbocycles. The molecule has 4 nitrogen and oxygen atoms in total. The van der Waals surface area contributed by atoms with E-state index in [-0.39, 0.29) is 0 Å². The minimum atomic E-state index is 0.456. The highest BCUT2D eigenvalue weighted by Gasteiger charge is 2.25. The zero-order chi connectivity index (χ0) is 13.7. The first kappa shape index (κ1) is 14.9. The zero-order valence-corrected chi connectivity index (χ0v) is 12.8. The first-order valence-corrected chi connectivity index (χ1v) is 8.42. The van der Waals surface area contributed by atoms with Crippen LogP contribution in [0.1, 0.15) is 63.6 Å². The van der Waals surface area contributed by atoms with Crippen molar-refractivity contribution < 1.29 is 4.52 Å². The molecule has 2 N–H and O–H groups in total. The van der Waals surface area contributed by atoms with Crippen LogP contribution in [0.15, 0.2) is 4.52 Å². The van der Waals surface area contributed by atoms with Crippen molar-refractivity contribution >= 4 is 11.8 Å². The molecular weight excluding hydrogens is 258 g/mol. The Kier molecular flexibility index (Phi) is 5.70. The molecule has 1 aliphatic carbocycles. The van der Waals surface area contributed by atoms with Crippen LogP contribution in [0, 0.1) is 5.92 Å². The molecule has 1 atom stereocenters. The number of aromatic nitrogens is 2. The molecule has 19 heavy (non-hydrogen) atoms. The van der Waals surface area contributed by atoms with Gasteiger partial charge >= 0.3 is 0 Å². The highest BCUT2D eigenvalue weighted by molar-refractivity contribution is 7.99. The summed E-state index contributed by atoms with van der Waals surface area (Å²) in [6.45, 7) is 5.25. The monoisotopic (exact) mass is 283 g/mol. The first-order chi connectivity index (χ1) is 9.22. The summed E-state index contributed by atoms with van der Waals surface area (Å²) in [5, 5.41) is 4.76. The van der Waals surface area contributed by atoms with Crippen molar-refractivity contribution in [2.24, 2.45) is 11.7 Å². The summed E-state index contributed by atoms with van der Waals surface area (Å²) in [5.41, 5.74) is 5.72. The first-order valence-electron chi connectivity index (χ1n) is 7.37. The lowest BCUT2D eigenvalue weighted by Crippen LogP contribution is -2.20. The fourth-order valence-electron chi connectivity index (χ4n) is 2.47. The zero-order valence-electron chi connectivity index (χ0n) is 12.0. The van der Waals surface area contributed by atoms with E-state index in [0.29, 0.717) is 17.1 Å². The van der Waals surface area contributed by atoms with E-state index in [4.69, 9.17) is 10.3 Å². The molecule has 1 aromatic heterocycles. The number of rotatable bonds is 6. The molecule has 1 fully saturated rings. The van der Waals surface area contributed by atoms with Gasteiger partial charge in [0.15, 0.2) is 5.82 Å². The van der Waals surface area contributed by atoms with E-state index in [0.717, 1.165) is 36.9 Å². The molecule has 1 unspecified atom stereocenters. The van der Waals surface area contributed by atoms with Gasteiger partial charge in [0.05, 0.1) is 5.75 Å². The number of nitrogens with two attached hydrogens (primary N) is 1. The van der Waals surface area contributed by atoms with E-state index in [2.05, 4.69) is 24.0 Å². The summed E-state index contributed by atoms with van der Waals surface area (Å²) in [7, 11) is 0. The van der Waals surface area contributed by atoms with Crippen LogP contribution < -0.4 is 5.73 Å². The molecule has 0 spiro atoms. The summed E-state index contributed by atoms with van der Waals surface area (Å²) in [6, 6.07) is 0. The third-order valence-electron chi connectivity index (χ3n) is 4.08. The maximum Gasteiger partial charge on any atom is 0.229 e. The molecule has 0 aliphatic heterocycles. The van der Waals surface area contributed by atoms with Gasteiger partial charge in [-0.3, -0.25) is 0 Å². The van der Waals surface area contributed by atoms with Gasteiger partial charge in [-0.25, -0.2) is 0 Å². The lowest BCUT2D eigenvalue weighted by Gasteiger charge is -2.24. The Labute approximate surface area is 119 Å². The van der Waals surface area contributed by atoms with Crippen LogP contribution >= 0.6 is 11.8 Å². The molecule has 1 heterocycles. The molecular formula is C14H25N3OS. The third-order valence-corrected chi connectivity index (χ3v) is 5.41. The second kappa shape index (κ2) is 7.29. The van der Waals surface area contributed by atoms with Crippen molar-refractivity contribution in [2.75, 3.05) is 6.54 Å². The molecule has 108 valence electrons. The van der Waals surface area contributed by atoms with Crippen LogP contribution in [0.4, 0.5) is 0 Å². The van der Waals surface area contributed by atoms with Gasteiger partial charge in [-0.2, -0.15) is 16.7 Å². The second-order valence-electron chi connectivity index (χ2n) is 5.53. The van der Waals surface area contributed by atoms with Crippen LogP contribution in [0.3, 0.4) is 0 Å². The highest BCUT2D eigenvalue weighted by atomic mass is 32.2. The summed E-state index contributed by atoms with van der Waals surface area (Å²) in [4.78, 5) is 4.56. The summed E-state index contributed by atoms with van der Waals surface area (Å²) in [6.07, 6.45) is 5.85. The quantitative estimate of drug-likeness (QED) is 0.867. The van der Waals surface area contributed by atoms with E-state index >= 15 is 0 Å². The fraction of sp³-hybridized carbons (Fsp3) is 0.857. The summed E-state index contributed by atoms with van der Waals surface area (Å²) >= 11 is 1.89. The molecule has 0 amide bonds. The molecule has 1 aromatic rings. The Morgan fingerprint density at radius 3 is 2.74 bits per heavy atom. The standard InChI is InChI=1S/C14H25N3OS/c1-3-10(2)19-9-13-16-14(18-17-13)12-6-4-11(8-15)5-7-12/h10-12H,3-9,15H2,1-2H3. The van der Waals surface area contributed by atoms with Gasteiger partial charge in [-0.15, -0.1) is 0 Å². The SMILES string of the molecule is CCC(C)SCc1noc(C2CCC(CN)CC2)n1. The second-order valence-corrected chi connectivity index (χ2v) is 6.96. The number of thioether (sulfide) groups is 1. The Hall–Kier alpha value is -0.550. The largest absolute Gasteiger partial charge is 0.339 e. The van der Waals surface area contributed by atoms with Crippen molar-refractivity contribution in [3.63, 3.8) is 0 Å². The van der Waals surface area contributed by atoms with Crippen molar-refractivity contribution in [1.82, 2.24) is 10.1 Å². The average molecular weight is 283 g/mol. The average Bonchev–Trinajstić information content (AvgIpc) is 2.93. The van der Waals surface area contributed by atoms with E-state index in [9.17, 15) is 0 Å². The highest BCUT2D eigenvalue weighted by Crippen LogP contribution is 2.34. The topological polar surface area (TPSA) is 64.9 Å². The number of nitrogens with zero attached hydrogens (tertiary/aromatic N) is 2. The normalized spacial score (nSPS) is 25.4. The molecule has 5 heteroatoms. The number of hydrogen-bond donors (Lipinski definition) is 1. The fourth-order valence-corrected chi connectivity index (χ4v) is 3.26. The maximum atomic E-state index is 5.72. The lowest BCUT2D eigenvalue weighted by molar-refractivity contribution is 0.274. The van der Waals surface area contributed by atoms with E-state index in [1.165, 1.54) is 19.3 Å². The summed E-state index contributed by atoms with van der Waals surface area (Å²) < 4.78 is 5.43. The predicted octanol–water partition coefficient (Wildman–Crippen LogP) is 3.33. The van der Waals surface area contributed by atoms with E-state index in [1.54, 1.807) is 0 Å². The minimum absolute atomic E-state index is 0.456. The Morgan fingerprint density at radius 1 is 1.37 bits per heavy atom. The van der Waals surface area contributed by atoms with Crippen LogP contribution in [-0.4, -0.2) is 21.9 Å². The van der Waals surface area contributed by atoms with Gasteiger partial charge in [0.1, 0.15) is 0 Å². The Morgan fingerprint density at radius 2 is 2.11 bits per heavy atom. The van der Waals surface area contributed by atoms with Crippen molar-refractivity contribution in [2.45, 2.75) is 62.9 Å². The van der Waals surface area contributed by atoms with E-state index < -0.39 is 0 Å². The molecule has 1 aliphatic rings. The van der Waals surface area contributed by atoms with Gasteiger partial charge in [-0.05, 0) is 44.6 Å². The van der Waals surface area contributed by atoms with Crippen molar-refractivity contribution in [1.29, 1.82) is 0 Å². The Bertz CT molecular complexity index is 375. The van der Waals surface area contributed by atoms with Crippen LogP contribution in [-0.2, 0) is 5.75 Å². The Balaban J connectivity index is 1.83. The molecule has 0 radical (unpaired) electrons. The summed E-state index contributed by atoms with van der Waals surface area (Å²) in [5.74, 6) is 3.70. The van der Waals surface area contributed by atoms with Gasteiger partial charge < -0.3 is 10.3 Å².